The molecule has 0 bridgehead atoms. The van der Waals surface area contributed by atoms with Crippen molar-refractivity contribution >= 4 is 11.3 Å². The van der Waals surface area contributed by atoms with Gasteiger partial charge in [-0.3, -0.25) is 0 Å². The lowest BCUT2D eigenvalue weighted by atomic mass is 10.2. The second-order valence-electron chi connectivity index (χ2n) is 3.53. The molecule has 0 aliphatic carbocycles. The number of nitrogens with zero attached hydrogens (tertiary/aromatic N) is 1. The first-order valence-corrected chi connectivity index (χ1v) is 6.33. The van der Waals surface area contributed by atoms with Crippen molar-refractivity contribution in [3.8, 4) is 0 Å². The van der Waals surface area contributed by atoms with E-state index in [9.17, 15) is 0 Å². The Balaban J connectivity index is 2.34. The predicted molar refractivity (Wildman–Crippen MR) is 64.3 cm³/mol. The van der Waals surface area contributed by atoms with Gasteiger partial charge in [0.15, 0.2) is 0 Å². The first kappa shape index (κ1) is 12.6. The van der Waals surface area contributed by atoms with Gasteiger partial charge in [0.2, 0.25) is 0 Å². The summed E-state index contributed by atoms with van der Waals surface area (Å²) in [7, 11) is 1.74. The molecule has 1 rings (SSSR count). The topological polar surface area (TPSA) is 34.2 Å². The van der Waals surface area contributed by atoms with Crippen LogP contribution in [0.5, 0.6) is 0 Å². The van der Waals surface area contributed by atoms with E-state index >= 15 is 0 Å². The smallest absolute Gasteiger partial charge is 0.0926 e. The van der Waals surface area contributed by atoms with Crippen LogP contribution in [-0.4, -0.2) is 24.7 Å². The Morgan fingerprint density at radius 2 is 2.33 bits per heavy atom. The van der Waals surface area contributed by atoms with E-state index in [4.69, 9.17) is 4.74 Å². The summed E-state index contributed by atoms with van der Waals surface area (Å²) in [6, 6.07) is 0.432. The van der Waals surface area contributed by atoms with Crippen molar-refractivity contribution in [2.75, 3.05) is 13.7 Å². The molecule has 1 unspecified atom stereocenters. The maximum Gasteiger partial charge on any atom is 0.0926 e. The van der Waals surface area contributed by atoms with Crippen molar-refractivity contribution in [3.63, 3.8) is 0 Å². The number of methoxy groups -OCH3 is 1. The highest BCUT2D eigenvalue weighted by molar-refractivity contribution is 7.09. The van der Waals surface area contributed by atoms with Crippen molar-refractivity contribution in [3.05, 3.63) is 16.1 Å². The van der Waals surface area contributed by atoms with E-state index in [0.29, 0.717) is 6.04 Å². The molecule has 0 amide bonds. The Labute approximate surface area is 95.9 Å². The number of rotatable bonds is 7. The van der Waals surface area contributed by atoms with E-state index in [1.165, 1.54) is 5.01 Å². The van der Waals surface area contributed by atoms with Crippen molar-refractivity contribution < 1.29 is 4.74 Å². The van der Waals surface area contributed by atoms with Crippen LogP contribution in [0.25, 0.3) is 0 Å². The number of hydrogen-bond donors (Lipinski definition) is 1. The predicted octanol–water partition coefficient (Wildman–Crippen LogP) is 2.22. The van der Waals surface area contributed by atoms with Crippen molar-refractivity contribution in [1.82, 2.24) is 10.3 Å². The van der Waals surface area contributed by atoms with Crippen molar-refractivity contribution in [2.45, 2.75) is 39.3 Å². The molecule has 0 saturated carbocycles. The Morgan fingerprint density at radius 3 is 2.87 bits per heavy atom. The Bertz CT molecular complexity index is 275. The standard InChI is InChI=1S/C11H20N2OS/c1-4-9(7-14-3)12-6-10-8-15-11(5-2)13-10/h8-9,12H,4-7H2,1-3H3. The van der Waals surface area contributed by atoms with Gasteiger partial charge in [0, 0.05) is 25.1 Å². The van der Waals surface area contributed by atoms with Crippen LogP contribution in [0.2, 0.25) is 0 Å². The minimum Gasteiger partial charge on any atom is -0.383 e. The third-order valence-electron chi connectivity index (χ3n) is 2.33. The summed E-state index contributed by atoms with van der Waals surface area (Å²) in [5.41, 5.74) is 1.14. The first-order chi connectivity index (χ1) is 7.30. The molecule has 0 fully saturated rings. The van der Waals surface area contributed by atoms with E-state index in [1.807, 2.05) is 0 Å². The molecular weight excluding hydrogens is 208 g/mol. The summed E-state index contributed by atoms with van der Waals surface area (Å²) in [6.45, 7) is 5.91. The molecule has 3 nitrogen and oxygen atoms in total. The number of ether oxygens (including phenoxy) is 1. The number of aromatic nitrogens is 1. The zero-order valence-electron chi connectivity index (χ0n) is 9.75. The molecule has 0 saturated heterocycles. The Kier molecular flexibility index (Phi) is 5.83. The molecule has 0 spiro atoms. The minimum atomic E-state index is 0.432. The summed E-state index contributed by atoms with van der Waals surface area (Å²) < 4.78 is 5.13. The average molecular weight is 228 g/mol. The van der Waals surface area contributed by atoms with Gasteiger partial charge in [0.25, 0.3) is 0 Å². The zero-order valence-corrected chi connectivity index (χ0v) is 10.6. The van der Waals surface area contributed by atoms with Crippen LogP contribution in [0.15, 0.2) is 5.38 Å². The van der Waals surface area contributed by atoms with Gasteiger partial charge in [-0.05, 0) is 12.8 Å². The molecule has 0 radical (unpaired) electrons. The molecule has 0 aliphatic heterocycles. The van der Waals surface area contributed by atoms with Crippen molar-refractivity contribution in [1.29, 1.82) is 0 Å². The van der Waals surface area contributed by atoms with Gasteiger partial charge < -0.3 is 10.1 Å². The van der Waals surface area contributed by atoms with Crippen LogP contribution in [0.4, 0.5) is 0 Å². The SMILES string of the molecule is CCc1nc(CNC(CC)COC)cs1. The number of hydrogen-bond acceptors (Lipinski definition) is 4. The molecule has 1 N–H and O–H groups in total. The fraction of sp³-hybridized carbons (Fsp3) is 0.727. The second-order valence-corrected chi connectivity index (χ2v) is 4.47. The van der Waals surface area contributed by atoms with Gasteiger partial charge in [-0.15, -0.1) is 11.3 Å². The quantitative estimate of drug-likeness (QED) is 0.777. The normalized spacial score (nSPS) is 13.0. The van der Waals surface area contributed by atoms with Crippen LogP contribution in [0, 0.1) is 0 Å². The van der Waals surface area contributed by atoms with Gasteiger partial charge in [0.1, 0.15) is 0 Å². The minimum absolute atomic E-state index is 0.432. The van der Waals surface area contributed by atoms with Gasteiger partial charge in [-0.2, -0.15) is 0 Å². The molecule has 0 aliphatic rings. The monoisotopic (exact) mass is 228 g/mol. The van der Waals surface area contributed by atoms with E-state index in [2.05, 4.69) is 29.5 Å². The Hall–Kier alpha value is -0.450. The van der Waals surface area contributed by atoms with E-state index < -0.39 is 0 Å². The summed E-state index contributed by atoms with van der Waals surface area (Å²) >= 11 is 1.74. The lowest BCUT2D eigenvalue weighted by Crippen LogP contribution is -2.32. The van der Waals surface area contributed by atoms with Gasteiger partial charge >= 0.3 is 0 Å². The van der Waals surface area contributed by atoms with Crippen LogP contribution in [-0.2, 0) is 17.7 Å². The number of aryl methyl sites for hydroxylation is 1. The molecule has 1 aromatic heterocycles. The lowest BCUT2D eigenvalue weighted by molar-refractivity contribution is 0.163. The largest absolute Gasteiger partial charge is 0.383 e. The fourth-order valence-corrected chi connectivity index (χ4v) is 2.11. The molecule has 4 heteroatoms. The fourth-order valence-electron chi connectivity index (χ4n) is 1.36. The van der Waals surface area contributed by atoms with Crippen LogP contribution >= 0.6 is 11.3 Å². The molecule has 1 heterocycles. The van der Waals surface area contributed by atoms with Crippen LogP contribution in [0.3, 0.4) is 0 Å². The highest BCUT2D eigenvalue weighted by atomic mass is 32.1. The second kappa shape index (κ2) is 6.93. The number of nitrogens with one attached hydrogen (secondary N) is 1. The highest BCUT2D eigenvalue weighted by Crippen LogP contribution is 2.10. The molecule has 1 atom stereocenters. The summed E-state index contributed by atoms with van der Waals surface area (Å²) in [5.74, 6) is 0. The number of thiazole rings is 1. The highest BCUT2D eigenvalue weighted by Gasteiger charge is 2.06. The van der Waals surface area contributed by atoms with Crippen LogP contribution in [0.1, 0.15) is 31.0 Å². The van der Waals surface area contributed by atoms with Gasteiger partial charge in [-0.1, -0.05) is 13.8 Å². The maximum absolute atomic E-state index is 5.13. The molecule has 86 valence electrons. The summed E-state index contributed by atoms with van der Waals surface area (Å²) in [6.07, 6.45) is 2.11. The summed E-state index contributed by atoms with van der Waals surface area (Å²) in [4.78, 5) is 4.51. The third kappa shape index (κ3) is 4.28. The summed E-state index contributed by atoms with van der Waals surface area (Å²) in [5, 5.41) is 6.79. The van der Waals surface area contributed by atoms with Crippen LogP contribution < -0.4 is 5.32 Å². The van der Waals surface area contributed by atoms with Crippen molar-refractivity contribution in [2.24, 2.45) is 0 Å². The molecule has 15 heavy (non-hydrogen) atoms. The third-order valence-corrected chi connectivity index (χ3v) is 3.38. The zero-order chi connectivity index (χ0) is 11.1. The van der Waals surface area contributed by atoms with Gasteiger partial charge in [-0.25, -0.2) is 4.98 Å². The average Bonchev–Trinajstić information content (AvgIpc) is 2.72. The van der Waals surface area contributed by atoms with E-state index in [1.54, 1.807) is 18.4 Å². The molecule has 1 aromatic rings. The lowest BCUT2D eigenvalue weighted by Gasteiger charge is -2.14. The maximum atomic E-state index is 5.13. The molecule has 0 aromatic carbocycles. The first-order valence-electron chi connectivity index (χ1n) is 5.45. The van der Waals surface area contributed by atoms with Gasteiger partial charge in [0.05, 0.1) is 17.3 Å². The van der Waals surface area contributed by atoms with E-state index in [-0.39, 0.29) is 0 Å². The Morgan fingerprint density at radius 1 is 1.53 bits per heavy atom. The molecular formula is C11H20N2OS. The van der Waals surface area contributed by atoms with E-state index in [0.717, 1.165) is 31.7 Å².